The summed E-state index contributed by atoms with van der Waals surface area (Å²) < 4.78 is 24.5. The van der Waals surface area contributed by atoms with E-state index in [1.165, 1.54) is 32.2 Å². The number of ether oxygens (including phenoxy) is 2. The highest BCUT2D eigenvalue weighted by Gasteiger charge is 2.15. The molecule has 0 spiro atoms. The number of halogens is 1. The van der Waals surface area contributed by atoms with E-state index in [0.29, 0.717) is 16.9 Å². The lowest BCUT2D eigenvalue weighted by Gasteiger charge is -2.14. The third-order valence-corrected chi connectivity index (χ3v) is 2.91. The van der Waals surface area contributed by atoms with Gasteiger partial charge in [-0.25, -0.2) is 4.39 Å². The van der Waals surface area contributed by atoms with Gasteiger partial charge in [0, 0.05) is 11.6 Å². The third-order valence-electron chi connectivity index (χ3n) is 2.91. The van der Waals surface area contributed by atoms with Gasteiger partial charge in [0.15, 0.2) is 11.6 Å². The third kappa shape index (κ3) is 3.30. The summed E-state index contributed by atoms with van der Waals surface area (Å²) in [5.74, 6) is 0.0382. The van der Waals surface area contributed by atoms with Crippen molar-refractivity contribution in [1.29, 1.82) is 5.26 Å². The molecule has 0 heterocycles. The van der Waals surface area contributed by atoms with Gasteiger partial charge in [-0.3, -0.25) is 0 Å². The molecular weight excluding hydrogens is 273 g/mol. The number of para-hydroxylation sites is 1. The molecule has 0 aliphatic rings. The fourth-order valence-electron chi connectivity index (χ4n) is 1.89. The maximum absolute atomic E-state index is 13.9. The molecule has 2 rings (SSSR count). The molecule has 0 aromatic heterocycles. The van der Waals surface area contributed by atoms with Crippen molar-refractivity contribution in [2.45, 2.75) is 13.0 Å². The minimum Gasteiger partial charge on any atom is -0.497 e. The Balaban J connectivity index is 2.45. The summed E-state index contributed by atoms with van der Waals surface area (Å²) in [5.41, 5.74) is 0.663. The number of hydrogen-bond acceptors (Lipinski definition) is 4. The Labute approximate surface area is 122 Å². The summed E-state index contributed by atoms with van der Waals surface area (Å²) in [6, 6.07) is 10.9. The first kappa shape index (κ1) is 14.8. The van der Waals surface area contributed by atoms with E-state index in [2.05, 4.69) is 0 Å². The zero-order chi connectivity index (χ0) is 15.4. The lowest BCUT2D eigenvalue weighted by Crippen LogP contribution is -1.99. The van der Waals surface area contributed by atoms with Gasteiger partial charge in [-0.15, -0.1) is 0 Å². The molecule has 0 radical (unpaired) electrons. The standard InChI is InChI=1S/C16H14FNO3/c1-10(19)14-4-3-5-15(17)16(14)21-13-7-11(9-18)6-12(8-13)20-2/h3-8,10,19H,1-2H3. The monoisotopic (exact) mass is 287 g/mol. The highest BCUT2D eigenvalue weighted by molar-refractivity contribution is 5.47. The maximum atomic E-state index is 13.9. The van der Waals surface area contributed by atoms with E-state index in [-0.39, 0.29) is 11.5 Å². The van der Waals surface area contributed by atoms with Crippen molar-refractivity contribution in [3.63, 3.8) is 0 Å². The van der Waals surface area contributed by atoms with Crippen LogP contribution in [0.25, 0.3) is 0 Å². The first-order valence-electron chi connectivity index (χ1n) is 6.28. The molecular formula is C16H14FNO3. The van der Waals surface area contributed by atoms with Crippen LogP contribution in [0, 0.1) is 17.1 Å². The smallest absolute Gasteiger partial charge is 0.168 e. The van der Waals surface area contributed by atoms with E-state index in [1.807, 2.05) is 6.07 Å². The second-order valence-electron chi connectivity index (χ2n) is 4.45. The van der Waals surface area contributed by atoms with E-state index in [0.717, 1.165) is 0 Å². The average Bonchev–Trinajstić information content (AvgIpc) is 2.48. The van der Waals surface area contributed by atoms with Gasteiger partial charge in [0.25, 0.3) is 0 Å². The minimum atomic E-state index is -0.878. The number of aliphatic hydroxyl groups is 1. The molecule has 21 heavy (non-hydrogen) atoms. The minimum absolute atomic E-state index is 0.0651. The molecule has 0 bridgehead atoms. The van der Waals surface area contributed by atoms with Crippen molar-refractivity contribution in [3.8, 4) is 23.3 Å². The van der Waals surface area contributed by atoms with Crippen LogP contribution in [0.4, 0.5) is 4.39 Å². The van der Waals surface area contributed by atoms with Crippen LogP contribution < -0.4 is 9.47 Å². The lowest BCUT2D eigenvalue weighted by molar-refractivity contribution is 0.194. The first-order chi connectivity index (χ1) is 10.0. The van der Waals surface area contributed by atoms with Crippen LogP contribution in [-0.4, -0.2) is 12.2 Å². The molecule has 1 unspecified atom stereocenters. The summed E-state index contributed by atoms with van der Waals surface area (Å²) >= 11 is 0. The molecule has 0 saturated carbocycles. The van der Waals surface area contributed by atoms with E-state index in [1.54, 1.807) is 18.2 Å². The van der Waals surface area contributed by atoms with Crippen LogP contribution in [0.5, 0.6) is 17.2 Å². The average molecular weight is 287 g/mol. The second-order valence-corrected chi connectivity index (χ2v) is 4.45. The molecule has 0 amide bonds. The number of nitrogens with zero attached hydrogens (tertiary/aromatic N) is 1. The van der Waals surface area contributed by atoms with Gasteiger partial charge in [-0.2, -0.15) is 5.26 Å². The summed E-state index contributed by atoms with van der Waals surface area (Å²) in [7, 11) is 1.46. The Morgan fingerprint density at radius 3 is 2.57 bits per heavy atom. The molecule has 5 heteroatoms. The quantitative estimate of drug-likeness (QED) is 0.934. The number of rotatable bonds is 4. The van der Waals surface area contributed by atoms with Gasteiger partial charge in [-0.05, 0) is 25.1 Å². The fraction of sp³-hybridized carbons (Fsp3) is 0.188. The lowest BCUT2D eigenvalue weighted by atomic mass is 10.1. The van der Waals surface area contributed by atoms with Crippen molar-refractivity contribution in [3.05, 3.63) is 53.3 Å². The number of hydrogen-bond donors (Lipinski definition) is 1. The van der Waals surface area contributed by atoms with Crippen LogP contribution in [0.2, 0.25) is 0 Å². The van der Waals surface area contributed by atoms with Crippen molar-refractivity contribution in [1.82, 2.24) is 0 Å². The Morgan fingerprint density at radius 1 is 1.24 bits per heavy atom. The van der Waals surface area contributed by atoms with Crippen LogP contribution in [0.15, 0.2) is 36.4 Å². The van der Waals surface area contributed by atoms with E-state index in [9.17, 15) is 9.50 Å². The van der Waals surface area contributed by atoms with Gasteiger partial charge < -0.3 is 14.6 Å². The van der Waals surface area contributed by atoms with Crippen molar-refractivity contribution in [2.24, 2.45) is 0 Å². The molecule has 108 valence electrons. The van der Waals surface area contributed by atoms with Gasteiger partial charge in [-0.1, -0.05) is 12.1 Å². The van der Waals surface area contributed by atoms with E-state index < -0.39 is 11.9 Å². The molecule has 0 saturated heterocycles. The Morgan fingerprint density at radius 2 is 1.95 bits per heavy atom. The fourth-order valence-corrected chi connectivity index (χ4v) is 1.89. The predicted octanol–water partition coefficient (Wildman–Crippen LogP) is 3.55. The molecule has 2 aromatic carbocycles. The number of benzene rings is 2. The predicted molar refractivity (Wildman–Crippen MR) is 74.8 cm³/mol. The van der Waals surface area contributed by atoms with Crippen LogP contribution in [-0.2, 0) is 0 Å². The van der Waals surface area contributed by atoms with Crippen LogP contribution in [0.1, 0.15) is 24.2 Å². The molecule has 0 aliphatic heterocycles. The zero-order valence-electron chi connectivity index (χ0n) is 11.6. The number of aliphatic hydroxyl groups excluding tert-OH is 1. The normalized spacial score (nSPS) is 11.6. The van der Waals surface area contributed by atoms with Gasteiger partial charge >= 0.3 is 0 Å². The molecule has 4 nitrogen and oxygen atoms in total. The summed E-state index contributed by atoms with van der Waals surface area (Å²) in [6.07, 6.45) is -0.878. The molecule has 2 aromatic rings. The molecule has 1 atom stereocenters. The largest absolute Gasteiger partial charge is 0.497 e. The molecule has 0 fully saturated rings. The number of nitriles is 1. The van der Waals surface area contributed by atoms with Crippen molar-refractivity contribution >= 4 is 0 Å². The van der Waals surface area contributed by atoms with E-state index >= 15 is 0 Å². The SMILES string of the molecule is COc1cc(C#N)cc(Oc2c(F)cccc2C(C)O)c1. The van der Waals surface area contributed by atoms with Gasteiger partial charge in [0.2, 0.25) is 0 Å². The van der Waals surface area contributed by atoms with Crippen LogP contribution >= 0.6 is 0 Å². The summed E-state index contributed by atoms with van der Waals surface area (Å²) in [5, 5.41) is 18.7. The number of methoxy groups -OCH3 is 1. The molecule has 0 aliphatic carbocycles. The second kappa shape index (κ2) is 6.25. The van der Waals surface area contributed by atoms with Crippen molar-refractivity contribution < 1.29 is 19.0 Å². The highest BCUT2D eigenvalue weighted by Crippen LogP contribution is 2.34. The van der Waals surface area contributed by atoms with Crippen molar-refractivity contribution in [2.75, 3.05) is 7.11 Å². The van der Waals surface area contributed by atoms with E-state index in [4.69, 9.17) is 14.7 Å². The Hall–Kier alpha value is -2.58. The Kier molecular flexibility index (Phi) is 4.41. The topological polar surface area (TPSA) is 62.5 Å². The summed E-state index contributed by atoms with van der Waals surface area (Å²) in [6.45, 7) is 1.52. The zero-order valence-corrected chi connectivity index (χ0v) is 11.6. The summed E-state index contributed by atoms with van der Waals surface area (Å²) in [4.78, 5) is 0. The maximum Gasteiger partial charge on any atom is 0.168 e. The Bertz CT molecular complexity index is 692. The van der Waals surface area contributed by atoms with Gasteiger partial charge in [0.05, 0.1) is 24.8 Å². The van der Waals surface area contributed by atoms with Gasteiger partial charge in [0.1, 0.15) is 11.5 Å². The first-order valence-corrected chi connectivity index (χ1v) is 6.28. The highest BCUT2D eigenvalue weighted by atomic mass is 19.1. The molecule has 1 N–H and O–H groups in total. The van der Waals surface area contributed by atoms with Crippen LogP contribution in [0.3, 0.4) is 0 Å².